The zero-order valence-corrected chi connectivity index (χ0v) is 30.0. The van der Waals surface area contributed by atoms with E-state index < -0.39 is 0 Å². The fourth-order valence-electron chi connectivity index (χ4n) is 5.72. The maximum Gasteiger partial charge on any atom is 0.123 e. The van der Waals surface area contributed by atoms with Gasteiger partial charge in [-0.15, -0.1) is 11.5 Å². The first kappa shape index (κ1) is 38.8. The lowest BCUT2D eigenvalue weighted by molar-refractivity contribution is 0.628. The summed E-state index contributed by atoms with van der Waals surface area (Å²) in [5.41, 5.74) is 19.9. The molecule has 3 aromatic rings. The molecule has 0 atom stereocenters. The number of hydrogen-bond donors (Lipinski definition) is 0. The van der Waals surface area contributed by atoms with Crippen molar-refractivity contribution in [1.29, 1.82) is 0 Å². The Labute approximate surface area is 285 Å². The summed E-state index contributed by atoms with van der Waals surface area (Å²) in [6.45, 7) is 26.3. The fourth-order valence-corrected chi connectivity index (χ4v) is 5.72. The van der Waals surface area contributed by atoms with E-state index in [-0.39, 0.29) is 11.2 Å². The SMILES string of the molecule is C/C=C(\C)c1cc2c(cc1CCC)CC=CC=C2C.C=C=C(C)C1(C(=C=C)Cc2ccc(C=C)cc2)CC1.CC.Fc1ccccc1. The number of fused-ring (bicyclic) bond motifs is 1. The third kappa shape index (κ3) is 11.1. The second-order valence-electron chi connectivity index (χ2n) is 11.8. The van der Waals surface area contributed by atoms with E-state index in [9.17, 15) is 4.39 Å². The molecule has 0 nitrogen and oxygen atoms in total. The molecule has 246 valence electrons. The van der Waals surface area contributed by atoms with Gasteiger partial charge in [-0.2, -0.15) is 0 Å². The predicted octanol–water partition coefficient (Wildman–Crippen LogP) is 13.5. The van der Waals surface area contributed by atoms with Crippen LogP contribution in [-0.2, 0) is 19.3 Å². The fraction of sp³-hybridized carbons (Fsp3) is 0.304. The predicted molar refractivity (Wildman–Crippen MR) is 207 cm³/mol. The highest BCUT2D eigenvalue weighted by molar-refractivity contribution is 5.76. The third-order valence-electron chi connectivity index (χ3n) is 8.80. The van der Waals surface area contributed by atoms with Gasteiger partial charge in [0.1, 0.15) is 5.82 Å². The smallest absolute Gasteiger partial charge is 0.123 e. The molecule has 0 amide bonds. The zero-order chi connectivity index (χ0) is 34.8. The minimum absolute atomic E-state index is 0.139. The first-order valence-electron chi connectivity index (χ1n) is 17.0. The summed E-state index contributed by atoms with van der Waals surface area (Å²) in [5.74, 6) is -0.178. The molecule has 2 aliphatic rings. The molecule has 2 aliphatic carbocycles. The van der Waals surface area contributed by atoms with Gasteiger partial charge in [-0.05, 0) is 127 Å². The Morgan fingerprint density at radius 3 is 2.11 bits per heavy atom. The third-order valence-corrected chi connectivity index (χ3v) is 8.80. The van der Waals surface area contributed by atoms with E-state index >= 15 is 0 Å². The second-order valence-corrected chi connectivity index (χ2v) is 11.8. The van der Waals surface area contributed by atoms with E-state index in [1.165, 1.54) is 87.9 Å². The van der Waals surface area contributed by atoms with Crippen LogP contribution in [0.15, 0.2) is 133 Å². The molecule has 47 heavy (non-hydrogen) atoms. The molecule has 5 rings (SSSR count). The molecule has 0 aliphatic heterocycles. The Bertz CT molecular complexity index is 1640. The van der Waals surface area contributed by atoms with Crippen LogP contribution in [0.4, 0.5) is 4.39 Å². The van der Waals surface area contributed by atoms with Gasteiger partial charge in [0.2, 0.25) is 0 Å². The van der Waals surface area contributed by atoms with E-state index in [1.54, 1.807) is 18.2 Å². The molecular formula is C46H55F. The molecule has 0 spiro atoms. The molecule has 1 fully saturated rings. The largest absolute Gasteiger partial charge is 0.207 e. The molecule has 0 saturated heterocycles. The van der Waals surface area contributed by atoms with Gasteiger partial charge in [0.05, 0.1) is 0 Å². The van der Waals surface area contributed by atoms with Gasteiger partial charge in [0.25, 0.3) is 0 Å². The average Bonchev–Trinajstić information content (AvgIpc) is 3.94. The van der Waals surface area contributed by atoms with Crippen LogP contribution in [0.5, 0.6) is 0 Å². The van der Waals surface area contributed by atoms with Crippen LogP contribution in [0, 0.1) is 11.2 Å². The van der Waals surface area contributed by atoms with Crippen LogP contribution in [-0.4, -0.2) is 0 Å². The van der Waals surface area contributed by atoms with Crippen molar-refractivity contribution in [3.63, 3.8) is 0 Å². The number of allylic oxidation sites excluding steroid dienone is 8. The normalized spacial score (nSPS) is 13.5. The molecule has 0 unspecified atom stereocenters. The Balaban J connectivity index is 0.000000260. The molecule has 3 aromatic carbocycles. The lowest BCUT2D eigenvalue weighted by Gasteiger charge is -2.17. The van der Waals surface area contributed by atoms with Crippen molar-refractivity contribution >= 4 is 17.2 Å². The first-order chi connectivity index (χ1) is 22.7. The van der Waals surface area contributed by atoms with E-state index in [0.29, 0.717) is 0 Å². The molecule has 0 aromatic heterocycles. The molecule has 0 radical (unpaired) electrons. The minimum Gasteiger partial charge on any atom is -0.207 e. The summed E-state index contributed by atoms with van der Waals surface area (Å²) in [4.78, 5) is 0. The van der Waals surface area contributed by atoms with E-state index in [4.69, 9.17) is 0 Å². The van der Waals surface area contributed by atoms with Gasteiger partial charge in [0, 0.05) is 11.8 Å². The van der Waals surface area contributed by atoms with Gasteiger partial charge in [-0.3, -0.25) is 0 Å². The van der Waals surface area contributed by atoms with Crippen molar-refractivity contribution in [2.75, 3.05) is 0 Å². The standard InChI is InChI=1S/C19H24.C19H20.C6H5F.C2H6/c1-5-9-16-12-17-11-8-7-10-15(4)19(17)13-18(16)14(3)6-2;1-5-15(4)19(12-13-19)18(7-3)14-17-10-8-16(6-2)9-11-17;7-6-4-2-1-3-5-6;1-2/h6-8,10,12-13H,5,9,11H2,1-4H3;6,8-11H,1-3,12-14H2,4H3;1-5H;1-2H3/b14-6+;;;. The van der Waals surface area contributed by atoms with Gasteiger partial charge in [-0.1, -0.05) is 126 Å². The number of aryl methyl sites for hydroxylation is 1. The van der Waals surface area contributed by atoms with Crippen molar-refractivity contribution in [1.82, 2.24) is 0 Å². The van der Waals surface area contributed by atoms with Gasteiger partial charge in [0.15, 0.2) is 0 Å². The molecule has 1 saturated carbocycles. The highest BCUT2D eigenvalue weighted by atomic mass is 19.1. The summed E-state index contributed by atoms with van der Waals surface area (Å²) in [6, 6.07) is 21.3. The molecule has 0 N–H and O–H groups in total. The number of rotatable bonds is 8. The van der Waals surface area contributed by atoms with Crippen molar-refractivity contribution in [2.24, 2.45) is 5.41 Å². The maximum absolute atomic E-state index is 11.9. The van der Waals surface area contributed by atoms with Crippen LogP contribution >= 0.6 is 0 Å². The van der Waals surface area contributed by atoms with Crippen molar-refractivity contribution in [3.05, 3.63) is 173 Å². The Kier molecular flexibility index (Phi) is 16.5. The van der Waals surface area contributed by atoms with Gasteiger partial charge in [-0.25, -0.2) is 4.39 Å². The van der Waals surface area contributed by atoms with Crippen LogP contribution < -0.4 is 0 Å². The Morgan fingerprint density at radius 2 is 1.62 bits per heavy atom. The quantitative estimate of drug-likeness (QED) is 0.218. The van der Waals surface area contributed by atoms with Crippen LogP contribution in [0.25, 0.3) is 17.2 Å². The Hall–Kier alpha value is -4.41. The molecule has 0 heterocycles. The lowest BCUT2D eigenvalue weighted by atomic mass is 9.85. The molecule has 0 bridgehead atoms. The van der Waals surface area contributed by atoms with Crippen molar-refractivity contribution < 1.29 is 4.39 Å². The van der Waals surface area contributed by atoms with Crippen LogP contribution in [0.3, 0.4) is 0 Å². The summed E-state index contributed by atoms with van der Waals surface area (Å²) in [5, 5.41) is 0. The van der Waals surface area contributed by atoms with Crippen molar-refractivity contribution in [2.45, 2.75) is 87.0 Å². The topological polar surface area (TPSA) is 0 Å². The minimum atomic E-state index is -0.178. The second kappa shape index (κ2) is 20.0. The van der Waals surface area contributed by atoms with Gasteiger partial charge < -0.3 is 0 Å². The van der Waals surface area contributed by atoms with E-state index in [1.807, 2.05) is 19.9 Å². The number of benzene rings is 3. The Morgan fingerprint density at radius 1 is 0.957 bits per heavy atom. The monoisotopic (exact) mass is 626 g/mol. The van der Waals surface area contributed by atoms with Gasteiger partial charge >= 0.3 is 0 Å². The maximum atomic E-state index is 11.9. The molecular weight excluding hydrogens is 572 g/mol. The summed E-state index contributed by atoms with van der Waals surface area (Å²) >= 11 is 0. The lowest BCUT2D eigenvalue weighted by Crippen LogP contribution is -2.08. The summed E-state index contributed by atoms with van der Waals surface area (Å²) in [6.07, 6.45) is 17.4. The molecule has 1 heteroatoms. The number of hydrogen-bond acceptors (Lipinski definition) is 0. The zero-order valence-electron chi connectivity index (χ0n) is 30.0. The number of halogens is 1. The highest BCUT2D eigenvalue weighted by Crippen LogP contribution is 2.57. The van der Waals surface area contributed by atoms with E-state index in [0.717, 1.165) is 18.4 Å². The average molecular weight is 627 g/mol. The first-order valence-corrected chi connectivity index (χ1v) is 17.0. The van der Waals surface area contributed by atoms with Crippen molar-refractivity contribution in [3.8, 4) is 0 Å². The summed E-state index contributed by atoms with van der Waals surface area (Å²) < 4.78 is 11.9. The van der Waals surface area contributed by atoms with Crippen LogP contribution in [0.1, 0.15) is 101 Å². The van der Waals surface area contributed by atoms with E-state index in [2.05, 4.69) is 127 Å². The highest BCUT2D eigenvalue weighted by Gasteiger charge is 2.47. The van der Waals surface area contributed by atoms with Crippen LogP contribution in [0.2, 0.25) is 0 Å². The summed E-state index contributed by atoms with van der Waals surface area (Å²) in [7, 11) is 0.